The molecule has 0 bridgehead atoms. The third-order valence-electron chi connectivity index (χ3n) is 2.44. The van der Waals surface area contributed by atoms with E-state index in [-0.39, 0.29) is 30.6 Å². The van der Waals surface area contributed by atoms with Gasteiger partial charge in [0.05, 0.1) is 0 Å². The fraction of sp³-hybridized carbons (Fsp3) is 0.385. The third kappa shape index (κ3) is 7.47. The first-order chi connectivity index (χ1) is 9.13. The summed E-state index contributed by atoms with van der Waals surface area (Å²) in [6, 6.07) is 7.07. The molecular formula is C13H19BrClN3O2. The van der Waals surface area contributed by atoms with Crippen LogP contribution in [0.15, 0.2) is 28.7 Å². The highest BCUT2D eigenvalue weighted by atomic mass is 79.9. The van der Waals surface area contributed by atoms with E-state index < -0.39 is 0 Å². The fourth-order valence-electron chi connectivity index (χ4n) is 1.41. The second-order valence-corrected chi connectivity index (χ2v) is 4.88. The number of hydrogen-bond acceptors (Lipinski definition) is 3. The highest BCUT2D eigenvalue weighted by molar-refractivity contribution is 9.10. The summed E-state index contributed by atoms with van der Waals surface area (Å²) in [5, 5.41) is 8.39. The van der Waals surface area contributed by atoms with Gasteiger partial charge in [-0.25, -0.2) is 0 Å². The highest BCUT2D eigenvalue weighted by Gasteiger charge is 2.06. The van der Waals surface area contributed by atoms with Crippen LogP contribution >= 0.6 is 28.3 Å². The Kier molecular flexibility index (Phi) is 10.1. The number of nitrogens with one attached hydrogen (secondary N) is 3. The van der Waals surface area contributed by atoms with Gasteiger partial charge in [-0.2, -0.15) is 0 Å². The summed E-state index contributed by atoms with van der Waals surface area (Å²) < 4.78 is 0.924. The first-order valence-corrected chi connectivity index (χ1v) is 6.88. The molecule has 0 radical (unpaired) electrons. The van der Waals surface area contributed by atoms with Crippen LogP contribution in [0, 0.1) is 0 Å². The number of carbonyl (C=O) groups excluding carboxylic acids is 2. The molecule has 1 rings (SSSR count). The zero-order chi connectivity index (χ0) is 14.1. The van der Waals surface area contributed by atoms with Gasteiger partial charge in [0.15, 0.2) is 0 Å². The van der Waals surface area contributed by atoms with E-state index >= 15 is 0 Å². The van der Waals surface area contributed by atoms with Crippen LogP contribution < -0.4 is 16.0 Å². The molecule has 112 valence electrons. The summed E-state index contributed by atoms with van der Waals surface area (Å²) in [5.74, 6) is -0.234. The van der Waals surface area contributed by atoms with Gasteiger partial charge < -0.3 is 16.0 Å². The molecule has 5 nitrogen and oxygen atoms in total. The van der Waals surface area contributed by atoms with Crippen LogP contribution in [-0.4, -0.2) is 38.5 Å². The van der Waals surface area contributed by atoms with Crippen LogP contribution in [0.2, 0.25) is 0 Å². The van der Waals surface area contributed by atoms with Crippen LogP contribution in [0.25, 0.3) is 0 Å². The molecule has 0 unspecified atom stereocenters. The molecule has 1 aromatic rings. The van der Waals surface area contributed by atoms with E-state index in [2.05, 4.69) is 31.9 Å². The normalized spacial score (nSPS) is 9.50. The van der Waals surface area contributed by atoms with Gasteiger partial charge in [-0.05, 0) is 31.3 Å². The van der Waals surface area contributed by atoms with Crippen molar-refractivity contribution in [2.24, 2.45) is 0 Å². The summed E-state index contributed by atoms with van der Waals surface area (Å²) in [6.45, 7) is 1.66. The van der Waals surface area contributed by atoms with E-state index in [1.807, 2.05) is 7.05 Å². The van der Waals surface area contributed by atoms with Crippen LogP contribution in [0.5, 0.6) is 0 Å². The van der Waals surface area contributed by atoms with Crippen LogP contribution in [0.3, 0.4) is 0 Å². The van der Waals surface area contributed by atoms with E-state index in [9.17, 15) is 9.59 Å². The van der Waals surface area contributed by atoms with E-state index in [0.29, 0.717) is 18.7 Å². The quantitative estimate of drug-likeness (QED) is 0.639. The zero-order valence-corrected chi connectivity index (χ0v) is 13.6. The Morgan fingerprint density at radius 1 is 1.05 bits per heavy atom. The number of benzene rings is 1. The molecule has 0 aliphatic carbocycles. The first kappa shape index (κ1) is 18.9. The zero-order valence-electron chi connectivity index (χ0n) is 11.2. The van der Waals surface area contributed by atoms with Gasteiger partial charge in [-0.1, -0.05) is 15.9 Å². The monoisotopic (exact) mass is 363 g/mol. The molecular weight excluding hydrogens is 346 g/mol. The van der Waals surface area contributed by atoms with Gasteiger partial charge in [-0.15, -0.1) is 12.4 Å². The lowest BCUT2D eigenvalue weighted by molar-refractivity contribution is -0.120. The molecule has 0 heterocycles. The SMILES string of the molecule is CNCCNC(=O)CCNC(=O)c1ccc(Br)cc1.Cl. The lowest BCUT2D eigenvalue weighted by Gasteiger charge is -2.06. The van der Waals surface area contributed by atoms with Crippen molar-refractivity contribution < 1.29 is 9.59 Å². The molecule has 20 heavy (non-hydrogen) atoms. The smallest absolute Gasteiger partial charge is 0.251 e. The first-order valence-electron chi connectivity index (χ1n) is 6.08. The molecule has 0 aliphatic heterocycles. The van der Waals surface area contributed by atoms with Crippen molar-refractivity contribution in [2.75, 3.05) is 26.7 Å². The molecule has 0 atom stereocenters. The molecule has 0 saturated heterocycles. The van der Waals surface area contributed by atoms with Crippen molar-refractivity contribution in [3.63, 3.8) is 0 Å². The van der Waals surface area contributed by atoms with Gasteiger partial charge in [-0.3, -0.25) is 9.59 Å². The predicted molar refractivity (Wildman–Crippen MR) is 85.3 cm³/mol. The fourth-order valence-corrected chi connectivity index (χ4v) is 1.67. The minimum Gasteiger partial charge on any atom is -0.355 e. The predicted octanol–water partition coefficient (Wildman–Crippen LogP) is 1.33. The minimum atomic E-state index is -0.171. The van der Waals surface area contributed by atoms with E-state index in [4.69, 9.17) is 0 Å². The Balaban J connectivity index is 0.00000361. The van der Waals surface area contributed by atoms with Crippen molar-refractivity contribution in [3.05, 3.63) is 34.3 Å². The Labute approximate surface area is 133 Å². The van der Waals surface area contributed by atoms with Crippen molar-refractivity contribution in [1.29, 1.82) is 0 Å². The standard InChI is InChI=1S/C13H18BrN3O2.ClH/c1-15-8-9-16-12(18)6-7-17-13(19)10-2-4-11(14)5-3-10;/h2-5,15H,6-9H2,1H3,(H,16,18)(H,17,19);1H. The maximum Gasteiger partial charge on any atom is 0.251 e. The summed E-state index contributed by atoms with van der Waals surface area (Å²) >= 11 is 3.31. The summed E-state index contributed by atoms with van der Waals surface area (Å²) in [4.78, 5) is 23.1. The summed E-state index contributed by atoms with van der Waals surface area (Å²) in [6.07, 6.45) is 0.284. The molecule has 1 aromatic carbocycles. The molecule has 0 fully saturated rings. The number of halogens is 2. The molecule has 0 aliphatic rings. The van der Waals surface area contributed by atoms with Crippen molar-refractivity contribution in [3.8, 4) is 0 Å². The summed E-state index contributed by atoms with van der Waals surface area (Å²) in [5.41, 5.74) is 0.582. The number of amides is 2. The number of likely N-dealkylation sites (N-methyl/N-ethyl adjacent to an activating group) is 1. The van der Waals surface area contributed by atoms with E-state index in [1.165, 1.54) is 0 Å². The Morgan fingerprint density at radius 3 is 2.30 bits per heavy atom. The van der Waals surface area contributed by atoms with Gasteiger partial charge in [0, 0.05) is 36.1 Å². The largest absolute Gasteiger partial charge is 0.355 e. The lowest BCUT2D eigenvalue weighted by atomic mass is 10.2. The van der Waals surface area contributed by atoms with E-state index in [0.717, 1.165) is 11.0 Å². The molecule has 0 spiro atoms. The maximum atomic E-state index is 11.7. The Bertz CT molecular complexity index is 426. The molecule has 7 heteroatoms. The number of carbonyl (C=O) groups is 2. The van der Waals surface area contributed by atoms with Crippen molar-refractivity contribution >= 4 is 40.2 Å². The second kappa shape index (κ2) is 10.7. The van der Waals surface area contributed by atoms with Crippen molar-refractivity contribution in [2.45, 2.75) is 6.42 Å². The van der Waals surface area contributed by atoms with Crippen LogP contribution in [0.1, 0.15) is 16.8 Å². The second-order valence-electron chi connectivity index (χ2n) is 3.97. The number of hydrogen-bond donors (Lipinski definition) is 3. The molecule has 2 amide bonds. The van der Waals surface area contributed by atoms with Gasteiger partial charge in [0.2, 0.25) is 5.91 Å². The van der Waals surface area contributed by atoms with Gasteiger partial charge in [0.1, 0.15) is 0 Å². The Morgan fingerprint density at radius 2 is 1.70 bits per heavy atom. The highest BCUT2D eigenvalue weighted by Crippen LogP contribution is 2.10. The van der Waals surface area contributed by atoms with Crippen LogP contribution in [-0.2, 0) is 4.79 Å². The summed E-state index contributed by atoms with van der Waals surface area (Å²) in [7, 11) is 1.82. The minimum absolute atomic E-state index is 0. The lowest BCUT2D eigenvalue weighted by Crippen LogP contribution is -2.33. The van der Waals surface area contributed by atoms with Crippen LogP contribution in [0.4, 0.5) is 0 Å². The molecule has 0 saturated carbocycles. The average molecular weight is 365 g/mol. The Hall–Kier alpha value is -1.11. The van der Waals surface area contributed by atoms with Gasteiger partial charge >= 0.3 is 0 Å². The van der Waals surface area contributed by atoms with E-state index in [1.54, 1.807) is 24.3 Å². The van der Waals surface area contributed by atoms with Crippen molar-refractivity contribution in [1.82, 2.24) is 16.0 Å². The molecule has 0 aromatic heterocycles. The maximum absolute atomic E-state index is 11.7. The van der Waals surface area contributed by atoms with Gasteiger partial charge in [0.25, 0.3) is 5.91 Å². The number of rotatable bonds is 7. The third-order valence-corrected chi connectivity index (χ3v) is 2.97. The topological polar surface area (TPSA) is 70.2 Å². The average Bonchev–Trinajstić information content (AvgIpc) is 2.39. The molecule has 3 N–H and O–H groups in total.